The molecule has 0 fully saturated rings. The van der Waals surface area contributed by atoms with E-state index in [2.05, 4.69) is 4.99 Å². The number of carboxylic acid groups (broad SMARTS) is 1. The van der Waals surface area contributed by atoms with Crippen LogP contribution in [0.2, 0.25) is 0 Å². The number of halogens is 1. The first-order valence-corrected chi connectivity index (χ1v) is 6.74. The van der Waals surface area contributed by atoms with E-state index in [1.165, 1.54) is 0 Å². The zero-order valence-electron chi connectivity index (χ0n) is 10.4. The van der Waals surface area contributed by atoms with Crippen molar-refractivity contribution in [2.24, 2.45) is 4.99 Å². The molecular formula is C13H14FNO3S. The summed E-state index contributed by atoms with van der Waals surface area (Å²) in [5, 5.41) is 8.57. The molecule has 0 radical (unpaired) electrons. The Balaban J connectivity index is 2.39. The lowest BCUT2D eigenvalue weighted by Crippen LogP contribution is -2.36. The van der Waals surface area contributed by atoms with Gasteiger partial charge in [0.25, 0.3) is 0 Å². The fourth-order valence-corrected chi connectivity index (χ4v) is 3.04. The molecule has 1 aromatic carbocycles. The van der Waals surface area contributed by atoms with Crippen LogP contribution in [0, 0.1) is 0 Å². The second kappa shape index (κ2) is 5.61. The number of rotatable bonds is 5. The first kappa shape index (κ1) is 13.9. The zero-order chi connectivity index (χ0) is 13.9. The van der Waals surface area contributed by atoms with E-state index in [0.717, 1.165) is 11.8 Å². The van der Waals surface area contributed by atoms with E-state index in [-0.39, 0.29) is 6.61 Å². The third-order valence-corrected chi connectivity index (χ3v) is 4.18. The van der Waals surface area contributed by atoms with Crippen molar-refractivity contribution in [2.75, 3.05) is 13.3 Å². The SMILES string of the molecule is CC1(c2ccccc2OCCF)N=CSC1C(=O)O. The normalized spacial score (nSPS) is 25.5. The second-order valence-electron chi connectivity index (χ2n) is 4.27. The van der Waals surface area contributed by atoms with Gasteiger partial charge >= 0.3 is 5.97 Å². The van der Waals surface area contributed by atoms with Crippen LogP contribution in [-0.4, -0.2) is 35.2 Å². The molecular weight excluding hydrogens is 269 g/mol. The van der Waals surface area contributed by atoms with E-state index in [4.69, 9.17) is 4.74 Å². The Bertz CT molecular complexity index is 508. The average Bonchev–Trinajstić information content (AvgIpc) is 2.80. The number of hydrogen-bond donors (Lipinski definition) is 1. The maximum atomic E-state index is 12.2. The van der Waals surface area contributed by atoms with Gasteiger partial charge in [-0.1, -0.05) is 30.0 Å². The van der Waals surface area contributed by atoms with Crippen LogP contribution in [0.25, 0.3) is 0 Å². The molecule has 1 aliphatic heterocycles. The van der Waals surface area contributed by atoms with E-state index in [1.807, 2.05) is 0 Å². The molecule has 0 bridgehead atoms. The van der Waals surface area contributed by atoms with Crippen molar-refractivity contribution in [2.45, 2.75) is 17.7 Å². The maximum absolute atomic E-state index is 12.2. The van der Waals surface area contributed by atoms with Crippen LogP contribution in [-0.2, 0) is 10.3 Å². The lowest BCUT2D eigenvalue weighted by atomic mass is 9.88. The van der Waals surface area contributed by atoms with Crippen molar-refractivity contribution in [1.29, 1.82) is 0 Å². The summed E-state index contributed by atoms with van der Waals surface area (Å²) in [6, 6.07) is 7.03. The van der Waals surface area contributed by atoms with Crippen molar-refractivity contribution in [1.82, 2.24) is 0 Å². The molecule has 0 aromatic heterocycles. The molecule has 4 nitrogen and oxygen atoms in total. The van der Waals surface area contributed by atoms with Crippen molar-refractivity contribution >= 4 is 23.3 Å². The number of aliphatic imine (C=N–C) groups is 1. The largest absolute Gasteiger partial charge is 0.490 e. The second-order valence-corrected chi connectivity index (χ2v) is 5.22. The molecule has 2 unspecified atom stereocenters. The number of nitrogens with zero attached hydrogens (tertiary/aromatic N) is 1. The monoisotopic (exact) mass is 283 g/mol. The van der Waals surface area contributed by atoms with E-state index in [0.29, 0.717) is 11.3 Å². The fraction of sp³-hybridized carbons (Fsp3) is 0.385. The lowest BCUT2D eigenvalue weighted by molar-refractivity contribution is -0.137. The van der Waals surface area contributed by atoms with Gasteiger partial charge in [-0.15, -0.1) is 0 Å². The Labute approximate surface area is 114 Å². The van der Waals surface area contributed by atoms with E-state index >= 15 is 0 Å². The Morgan fingerprint density at radius 3 is 3.00 bits per heavy atom. The fourth-order valence-electron chi connectivity index (χ4n) is 2.07. The van der Waals surface area contributed by atoms with Gasteiger partial charge in [-0.3, -0.25) is 9.79 Å². The molecule has 6 heteroatoms. The van der Waals surface area contributed by atoms with Gasteiger partial charge in [0.15, 0.2) is 0 Å². The Morgan fingerprint density at radius 2 is 2.32 bits per heavy atom. The van der Waals surface area contributed by atoms with Crippen LogP contribution in [0.5, 0.6) is 5.75 Å². The highest BCUT2D eigenvalue weighted by Gasteiger charge is 2.45. The van der Waals surface area contributed by atoms with Crippen LogP contribution < -0.4 is 4.74 Å². The highest BCUT2D eigenvalue weighted by atomic mass is 32.2. The summed E-state index contributed by atoms with van der Waals surface area (Å²) in [5.41, 5.74) is 1.31. The summed E-state index contributed by atoms with van der Waals surface area (Å²) in [7, 11) is 0. The quantitative estimate of drug-likeness (QED) is 0.902. The van der Waals surface area contributed by atoms with Crippen molar-refractivity contribution in [3.8, 4) is 5.75 Å². The number of ether oxygens (including phenoxy) is 1. The first-order chi connectivity index (χ1) is 9.09. The van der Waals surface area contributed by atoms with Gasteiger partial charge in [-0.05, 0) is 13.0 Å². The predicted octanol–water partition coefficient (Wildman–Crippen LogP) is 2.48. The number of thioether (sulfide) groups is 1. The molecule has 1 aromatic rings. The van der Waals surface area contributed by atoms with Crippen molar-refractivity contribution in [3.63, 3.8) is 0 Å². The third-order valence-electron chi connectivity index (χ3n) is 3.02. The number of benzene rings is 1. The summed E-state index contributed by atoms with van der Waals surface area (Å²) in [5.74, 6) is -0.446. The molecule has 19 heavy (non-hydrogen) atoms. The molecule has 1 heterocycles. The predicted molar refractivity (Wildman–Crippen MR) is 72.8 cm³/mol. The minimum Gasteiger partial charge on any atom is -0.490 e. The smallest absolute Gasteiger partial charge is 0.319 e. The number of hydrogen-bond acceptors (Lipinski definition) is 4. The minimum absolute atomic E-state index is 0.0539. The molecule has 0 saturated heterocycles. The molecule has 2 rings (SSSR count). The molecule has 102 valence electrons. The van der Waals surface area contributed by atoms with Gasteiger partial charge in [0, 0.05) is 5.56 Å². The van der Waals surface area contributed by atoms with Gasteiger partial charge < -0.3 is 9.84 Å². The van der Waals surface area contributed by atoms with E-state index < -0.39 is 23.4 Å². The summed E-state index contributed by atoms with van der Waals surface area (Å²) in [6.07, 6.45) is 0. The third kappa shape index (κ3) is 2.58. The summed E-state index contributed by atoms with van der Waals surface area (Å²) in [4.78, 5) is 15.6. The lowest BCUT2D eigenvalue weighted by Gasteiger charge is -2.28. The first-order valence-electron chi connectivity index (χ1n) is 5.80. The average molecular weight is 283 g/mol. The van der Waals surface area contributed by atoms with Gasteiger partial charge in [0.1, 0.15) is 29.8 Å². The summed E-state index contributed by atoms with van der Waals surface area (Å²) >= 11 is 1.16. The molecule has 1 aliphatic rings. The van der Waals surface area contributed by atoms with Gasteiger partial charge in [0.2, 0.25) is 0 Å². The standard InChI is InChI=1S/C13H14FNO3S/c1-13(11(12(16)17)19-8-15-13)9-4-2-3-5-10(9)18-7-6-14/h2-5,8,11H,6-7H2,1H3,(H,16,17). The highest BCUT2D eigenvalue weighted by Crippen LogP contribution is 2.44. The molecule has 0 aliphatic carbocycles. The zero-order valence-corrected chi connectivity index (χ0v) is 11.2. The van der Waals surface area contributed by atoms with Crippen molar-refractivity contribution < 1.29 is 19.0 Å². The summed E-state index contributed by atoms with van der Waals surface area (Å²) in [6.45, 7) is 1.10. The number of aliphatic carboxylic acids is 1. The maximum Gasteiger partial charge on any atom is 0.319 e. The van der Waals surface area contributed by atoms with E-state index in [9.17, 15) is 14.3 Å². The summed E-state index contributed by atoms with van der Waals surface area (Å²) < 4.78 is 17.6. The van der Waals surface area contributed by atoms with Gasteiger partial charge in [-0.25, -0.2) is 4.39 Å². The molecule has 1 N–H and O–H groups in total. The molecule has 0 saturated carbocycles. The Hall–Kier alpha value is -1.56. The van der Waals surface area contributed by atoms with Crippen LogP contribution in [0.1, 0.15) is 12.5 Å². The van der Waals surface area contributed by atoms with Crippen molar-refractivity contribution in [3.05, 3.63) is 29.8 Å². The van der Waals surface area contributed by atoms with E-state index in [1.54, 1.807) is 36.7 Å². The number of para-hydroxylation sites is 1. The number of alkyl halides is 1. The Kier molecular flexibility index (Phi) is 4.09. The van der Waals surface area contributed by atoms with Crippen LogP contribution in [0.4, 0.5) is 4.39 Å². The molecule has 0 amide bonds. The van der Waals surface area contributed by atoms with Crippen LogP contribution in [0.3, 0.4) is 0 Å². The van der Waals surface area contributed by atoms with Crippen LogP contribution >= 0.6 is 11.8 Å². The van der Waals surface area contributed by atoms with Gasteiger partial charge in [-0.2, -0.15) is 0 Å². The Morgan fingerprint density at radius 1 is 1.58 bits per heavy atom. The molecule has 0 spiro atoms. The topological polar surface area (TPSA) is 58.9 Å². The van der Waals surface area contributed by atoms with Crippen LogP contribution in [0.15, 0.2) is 29.3 Å². The molecule has 2 atom stereocenters. The number of carbonyl (C=O) groups is 1. The van der Waals surface area contributed by atoms with Gasteiger partial charge in [0.05, 0.1) is 5.55 Å². The number of carboxylic acids is 1. The highest BCUT2D eigenvalue weighted by molar-refractivity contribution is 8.13. The minimum atomic E-state index is -0.926.